The molecule has 0 aromatic heterocycles. The van der Waals surface area contributed by atoms with E-state index in [0.29, 0.717) is 12.2 Å². The first-order chi connectivity index (χ1) is 21.0. The van der Waals surface area contributed by atoms with E-state index in [1.807, 2.05) is 36.4 Å². The predicted octanol–water partition coefficient (Wildman–Crippen LogP) is 6.17. The Bertz CT molecular complexity index is 960. The fraction of sp³-hybridized carbons (Fsp3) is 0.667. The van der Waals surface area contributed by atoms with E-state index in [-0.39, 0.29) is 0 Å². The molecule has 3 unspecified atom stereocenters. The van der Waals surface area contributed by atoms with E-state index in [1.54, 1.807) is 24.3 Å². The molecule has 7 nitrogen and oxygen atoms in total. The van der Waals surface area contributed by atoms with Crippen LogP contribution in [0, 0.1) is 0 Å². The van der Waals surface area contributed by atoms with Crippen LogP contribution < -0.4 is 0 Å². The summed E-state index contributed by atoms with van der Waals surface area (Å²) >= 11 is 0. The summed E-state index contributed by atoms with van der Waals surface area (Å²) in [4.78, 5) is 0. The van der Waals surface area contributed by atoms with Gasteiger partial charge in [-0.05, 0) is 12.0 Å². The third-order valence-electron chi connectivity index (χ3n) is 8.88. The maximum absolute atomic E-state index is 11.4. The second-order valence-corrected chi connectivity index (χ2v) is 12.2. The zero-order valence-corrected chi connectivity index (χ0v) is 26.1. The monoisotopic (exact) mass is 600 g/mol. The van der Waals surface area contributed by atoms with Gasteiger partial charge in [-0.25, -0.2) is 0 Å². The Hall–Kier alpha value is -1.84. The van der Waals surface area contributed by atoms with Crippen LogP contribution in [0.5, 0.6) is 0 Å². The lowest BCUT2D eigenvalue weighted by Crippen LogP contribution is -2.78. The Morgan fingerprint density at radius 3 is 1.60 bits per heavy atom. The quantitative estimate of drug-likeness (QED) is 0.130. The molecule has 0 radical (unpaired) electrons. The van der Waals surface area contributed by atoms with E-state index in [0.717, 1.165) is 12.0 Å². The first-order valence-electron chi connectivity index (χ1n) is 16.7. The van der Waals surface area contributed by atoms with Gasteiger partial charge in [0.15, 0.2) is 6.29 Å². The highest BCUT2D eigenvalue weighted by Gasteiger charge is 2.70. The minimum Gasteiger partial charge on any atom is -0.396 e. The molecule has 43 heavy (non-hydrogen) atoms. The predicted molar refractivity (Wildman–Crippen MR) is 170 cm³/mol. The number of hydrogen-bond donors (Lipinski definition) is 5. The molecule has 2 aromatic carbocycles. The zero-order chi connectivity index (χ0) is 30.9. The summed E-state index contributed by atoms with van der Waals surface area (Å²) in [6, 6.07) is 18.2. The smallest absolute Gasteiger partial charge is 0.185 e. The van der Waals surface area contributed by atoms with Crippen molar-refractivity contribution in [3.05, 3.63) is 71.8 Å². The van der Waals surface area contributed by atoms with Gasteiger partial charge in [0.05, 0.1) is 12.7 Å². The third-order valence-corrected chi connectivity index (χ3v) is 8.88. The minimum atomic E-state index is -1.64. The molecule has 0 spiro atoms. The van der Waals surface area contributed by atoms with E-state index >= 15 is 0 Å². The number of aliphatic hydroxyl groups is 5. The normalized spacial score (nSPS) is 27.0. The van der Waals surface area contributed by atoms with Crippen molar-refractivity contribution < 1.29 is 35.0 Å². The van der Waals surface area contributed by atoms with E-state index in [9.17, 15) is 20.4 Å². The van der Waals surface area contributed by atoms with E-state index < -0.39 is 48.8 Å². The first kappa shape index (κ1) is 35.6. The average molecular weight is 601 g/mol. The van der Waals surface area contributed by atoms with E-state index in [1.165, 1.54) is 83.5 Å². The second-order valence-electron chi connectivity index (χ2n) is 12.2. The van der Waals surface area contributed by atoms with Crippen LogP contribution in [0.15, 0.2) is 60.7 Å². The van der Waals surface area contributed by atoms with Crippen molar-refractivity contribution in [3.63, 3.8) is 0 Å². The summed E-state index contributed by atoms with van der Waals surface area (Å²) in [6.07, 6.45) is 14.1. The highest BCUT2D eigenvalue weighted by atomic mass is 16.7. The molecular weight excluding hydrogens is 544 g/mol. The standard InChI is InChI=1S/C20H22O6.C16H34O/c21-11-14(22)17-20(24)15(12-7-3-1-4-8-12)16(23)18(20)26-19(25-17)13-9-5-2-6-10-13;1-2-3-4-5-6-7-8-9-10-11-12-13-14-15-16-17/h1-10,14-19,21-24H,11H2;17H,2-16H2,1H3/t14-,15?,16?,17-,18+,19?,20+;/m1./s1. The van der Waals surface area contributed by atoms with E-state index in [2.05, 4.69) is 6.92 Å². The topological polar surface area (TPSA) is 120 Å². The average Bonchev–Trinajstić information content (AvgIpc) is 3.04. The minimum absolute atomic E-state index is 0.373. The van der Waals surface area contributed by atoms with Crippen LogP contribution in [0.3, 0.4) is 0 Å². The summed E-state index contributed by atoms with van der Waals surface area (Å²) in [5, 5.41) is 50.5. The molecule has 1 saturated carbocycles. The van der Waals surface area contributed by atoms with Gasteiger partial charge >= 0.3 is 0 Å². The Labute approximate surface area is 258 Å². The molecule has 0 amide bonds. The summed E-state index contributed by atoms with van der Waals surface area (Å²) in [5.41, 5.74) is -0.215. The zero-order valence-electron chi connectivity index (χ0n) is 26.1. The summed E-state index contributed by atoms with van der Waals surface area (Å²) in [7, 11) is 0. The highest BCUT2D eigenvalue weighted by molar-refractivity contribution is 5.35. The van der Waals surface area contributed by atoms with Crippen LogP contribution in [-0.2, 0) is 9.47 Å². The van der Waals surface area contributed by atoms with Gasteiger partial charge < -0.3 is 35.0 Å². The molecule has 2 fully saturated rings. The highest BCUT2D eigenvalue weighted by Crippen LogP contribution is 2.55. The molecule has 4 rings (SSSR count). The van der Waals surface area contributed by atoms with Crippen molar-refractivity contribution >= 4 is 0 Å². The third kappa shape index (κ3) is 10.1. The SMILES string of the molecule is CCCCCCCCCCCCCCCCO.OC[C@@H](O)[C@H]1OC(c2ccccc2)O[C@H]2C(O)C(c3ccccc3)[C@]12O. The maximum Gasteiger partial charge on any atom is 0.185 e. The lowest BCUT2D eigenvalue weighted by Gasteiger charge is -2.62. The molecule has 5 N–H and O–H groups in total. The maximum atomic E-state index is 11.4. The van der Waals surface area contributed by atoms with Crippen LogP contribution in [-0.4, -0.2) is 68.8 Å². The van der Waals surface area contributed by atoms with Gasteiger partial charge in [-0.1, -0.05) is 151 Å². The van der Waals surface area contributed by atoms with Gasteiger partial charge in [-0.15, -0.1) is 0 Å². The fourth-order valence-electron chi connectivity index (χ4n) is 6.41. The van der Waals surface area contributed by atoms with Crippen molar-refractivity contribution in [1.82, 2.24) is 0 Å². The fourth-order valence-corrected chi connectivity index (χ4v) is 6.41. The van der Waals surface area contributed by atoms with Gasteiger partial charge in [0, 0.05) is 18.1 Å². The lowest BCUT2D eigenvalue weighted by atomic mass is 9.57. The van der Waals surface area contributed by atoms with Crippen molar-refractivity contribution in [3.8, 4) is 0 Å². The Morgan fingerprint density at radius 1 is 0.674 bits per heavy atom. The lowest BCUT2D eigenvalue weighted by molar-refractivity contribution is -0.403. The first-order valence-corrected chi connectivity index (χ1v) is 16.7. The molecule has 2 aliphatic rings. The molecule has 2 aromatic rings. The number of unbranched alkanes of at least 4 members (excludes halogenated alkanes) is 13. The number of ether oxygens (including phenoxy) is 2. The van der Waals surface area contributed by atoms with Gasteiger partial charge in [0.1, 0.15) is 23.9 Å². The van der Waals surface area contributed by atoms with Crippen molar-refractivity contribution in [2.75, 3.05) is 13.2 Å². The van der Waals surface area contributed by atoms with Gasteiger partial charge in [0.2, 0.25) is 0 Å². The summed E-state index contributed by atoms with van der Waals surface area (Å²) in [5.74, 6) is -0.684. The van der Waals surface area contributed by atoms with Gasteiger partial charge in [-0.3, -0.25) is 0 Å². The molecule has 1 aliphatic heterocycles. The molecule has 242 valence electrons. The van der Waals surface area contributed by atoms with Crippen molar-refractivity contribution in [2.45, 2.75) is 139 Å². The number of aliphatic hydroxyl groups excluding tert-OH is 4. The number of benzene rings is 2. The van der Waals surface area contributed by atoms with Gasteiger partial charge in [-0.2, -0.15) is 0 Å². The van der Waals surface area contributed by atoms with Gasteiger partial charge in [0.25, 0.3) is 0 Å². The molecule has 7 atom stereocenters. The Morgan fingerprint density at radius 2 is 1.14 bits per heavy atom. The number of rotatable bonds is 18. The van der Waals surface area contributed by atoms with Crippen LogP contribution in [0.1, 0.15) is 120 Å². The second kappa shape index (κ2) is 19.5. The Kier molecular flexibility index (Phi) is 16.2. The summed E-state index contributed by atoms with van der Waals surface area (Å²) in [6.45, 7) is 2.08. The van der Waals surface area contributed by atoms with Crippen molar-refractivity contribution in [1.29, 1.82) is 0 Å². The molecule has 1 saturated heterocycles. The largest absolute Gasteiger partial charge is 0.396 e. The molecular formula is C36H56O7. The molecule has 0 bridgehead atoms. The molecule has 1 aliphatic carbocycles. The van der Waals surface area contributed by atoms with Crippen LogP contribution in [0.4, 0.5) is 0 Å². The van der Waals surface area contributed by atoms with E-state index in [4.69, 9.17) is 14.6 Å². The van der Waals surface area contributed by atoms with Crippen LogP contribution in [0.2, 0.25) is 0 Å². The van der Waals surface area contributed by atoms with Crippen molar-refractivity contribution in [2.24, 2.45) is 0 Å². The van der Waals surface area contributed by atoms with Crippen LogP contribution >= 0.6 is 0 Å². The Balaban J connectivity index is 0.000000261. The number of fused-ring (bicyclic) bond motifs is 1. The van der Waals surface area contributed by atoms with Crippen LogP contribution in [0.25, 0.3) is 0 Å². The number of hydrogen-bond acceptors (Lipinski definition) is 7. The molecule has 1 heterocycles. The summed E-state index contributed by atoms with van der Waals surface area (Å²) < 4.78 is 11.7. The molecule has 7 heteroatoms.